The molecule has 0 aromatic carbocycles. The van der Waals surface area contributed by atoms with Crippen LogP contribution in [0.15, 0.2) is 6.20 Å². The van der Waals surface area contributed by atoms with Crippen molar-refractivity contribution in [2.45, 2.75) is 52.7 Å². The number of amides is 1. The topological polar surface area (TPSA) is 58.4 Å². The largest absolute Gasteiger partial charge is 0.391 e. The van der Waals surface area contributed by atoms with Gasteiger partial charge in [0, 0.05) is 25.3 Å². The quantitative estimate of drug-likeness (QED) is 0.915. The molecule has 1 saturated heterocycles. The van der Waals surface area contributed by atoms with E-state index < -0.39 is 6.10 Å². The molecule has 1 aromatic rings. The zero-order valence-corrected chi connectivity index (χ0v) is 12.7. The number of nitrogens with zero attached hydrogens (tertiary/aromatic N) is 3. The number of rotatable bonds is 4. The van der Waals surface area contributed by atoms with Gasteiger partial charge in [-0.3, -0.25) is 9.48 Å². The number of aromatic nitrogens is 2. The lowest BCUT2D eigenvalue weighted by atomic mass is 9.95. The molecule has 1 aromatic heterocycles. The third-order valence-electron chi connectivity index (χ3n) is 4.26. The lowest BCUT2D eigenvalue weighted by molar-refractivity contribution is 0.0248. The Morgan fingerprint density at radius 1 is 1.55 bits per heavy atom. The summed E-state index contributed by atoms with van der Waals surface area (Å²) in [4.78, 5) is 14.3. The average molecular weight is 279 g/mol. The van der Waals surface area contributed by atoms with Gasteiger partial charge < -0.3 is 10.0 Å². The molecule has 5 nitrogen and oxygen atoms in total. The highest BCUT2D eigenvalue weighted by molar-refractivity contribution is 5.95. The molecule has 0 bridgehead atoms. The zero-order valence-electron chi connectivity index (χ0n) is 12.7. The van der Waals surface area contributed by atoms with E-state index >= 15 is 0 Å². The number of hydrogen-bond donors (Lipinski definition) is 1. The summed E-state index contributed by atoms with van der Waals surface area (Å²) >= 11 is 0. The minimum atomic E-state index is -0.414. The smallest absolute Gasteiger partial charge is 0.257 e. The molecule has 5 heteroatoms. The van der Waals surface area contributed by atoms with E-state index in [1.807, 2.05) is 18.5 Å². The number of hydrogen-bond acceptors (Lipinski definition) is 3. The highest BCUT2D eigenvalue weighted by atomic mass is 16.3. The normalized spacial score (nSPS) is 23.1. The molecule has 1 aliphatic heterocycles. The number of piperidine rings is 1. The summed E-state index contributed by atoms with van der Waals surface area (Å²) in [5.41, 5.74) is 1.60. The number of aliphatic hydroxyl groups excluding tert-OH is 1. The van der Waals surface area contributed by atoms with Gasteiger partial charge in [0.1, 0.15) is 0 Å². The van der Waals surface area contributed by atoms with Crippen LogP contribution < -0.4 is 0 Å². The standard InChI is InChI=1S/C15H25N3O2/c1-4-5-7-18-12(3)13(9-16-18)15(20)17-8-6-11(2)14(19)10-17/h9,11,14,19H,4-8,10H2,1-3H3. The number of aryl methyl sites for hydroxylation is 1. The number of carbonyl (C=O) groups excluding carboxylic acids is 1. The van der Waals surface area contributed by atoms with E-state index in [0.29, 0.717) is 12.1 Å². The molecule has 2 rings (SSSR count). The molecule has 2 atom stereocenters. The Balaban J connectivity index is 2.07. The van der Waals surface area contributed by atoms with Crippen molar-refractivity contribution in [2.75, 3.05) is 13.1 Å². The van der Waals surface area contributed by atoms with Crippen LogP contribution >= 0.6 is 0 Å². The second kappa shape index (κ2) is 6.39. The SMILES string of the molecule is CCCCn1ncc(C(=O)N2CCC(C)C(O)C2)c1C. The fourth-order valence-corrected chi connectivity index (χ4v) is 2.59. The molecular weight excluding hydrogens is 254 g/mol. The molecular formula is C15H25N3O2. The maximum absolute atomic E-state index is 12.5. The molecule has 0 spiro atoms. The predicted octanol–water partition coefficient (Wildman–Crippen LogP) is 1.83. The van der Waals surface area contributed by atoms with Gasteiger partial charge in [0.2, 0.25) is 0 Å². The van der Waals surface area contributed by atoms with Crippen LogP contribution in [0.25, 0.3) is 0 Å². The summed E-state index contributed by atoms with van der Waals surface area (Å²) in [6, 6.07) is 0. The summed E-state index contributed by atoms with van der Waals surface area (Å²) in [6.45, 7) is 8.12. The van der Waals surface area contributed by atoms with Crippen LogP contribution in [0.5, 0.6) is 0 Å². The molecule has 1 aliphatic rings. The maximum atomic E-state index is 12.5. The molecule has 0 saturated carbocycles. The van der Waals surface area contributed by atoms with Crippen LogP contribution in [0, 0.1) is 12.8 Å². The Bertz CT molecular complexity index is 470. The van der Waals surface area contributed by atoms with Gasteiger partial charge in [-0.2, -0.15) is 5.10 Å². The number of unbranched alkanes of at least 4 members (excludes halogenated alkanes) is 1. The van der Waals surface area contributed by atoms with E-state index in [1.54, 1.807) is 11.1 Å². The molecule has 2 unspecified atom stereocenters. The molecule has 1 N–H and O–H groups in total. The van der Waals surface area contributed by atoms with Crippen LogP contribution in [0.2, 0.25) is 0 Å². The van der Waals surface area contributed by atoms with E-state index in [-0.39, 0.29) is 11.8 Å². The third kappa shape index (κ3) is 3.03. The van der Waals surface area contributed by atoms with Crippen molar-refractivity contribution in [3.05, 3.63) is 17.5 Å². The van der Waals surface area contributed by atoms with Crippen molar-refractivity contribution in [3.63, 3.8) is 0 Å². The summed E-state index contributed by atoms with van der Waals surface area (Å²) < 4.78 is 1.90. The van der Waals surface area contributed by atoms with Crippen molar-refractivity contribution in [1.29, 1.82) is 0 Å². The van der Waals surface area contributed by atoms with Crippen LogP contribution in [0.1, 0.15) is 49.2 Å². The Kier molecular flexibility index (Phi) is 4.81. The first kappa shape index (κ1) is 15.0. The summed E-state index contributed by atoms with van der Waals surface area (Å²) in [7, 11) is 0. The predicted molar refractivity (Wildman–Crippen MR) is 77.6 cm³/mol. The van der Waals surface area contributed by atoms with Crippen LogP contribution in [0.3, 0.4) is 0 Å². The van der Waals surface area contributed by atoms with Crippen molar-refractivity contribution in [3.8, 4) is 0 Å². The average Bonchev–Trinajstić information content (AvgIpc) is 2.80. The molecule has 20 heavy (non-hydrogen) atoms. The second-order valence-corrected chi connectivity index (χ2v) is 5.80. The molecule has 0 aliphatic carbocycles. The minimum Gasteiger partial charge on any atom is -0.391 e. The monoisotopic (exact) mass is 279 g/mol. The summed E-state index contributed by atoms with van der Waals surface area (Å²) in [6.07, 6.45) is 4.28. The molecule has 0 radical (unpaired) electrons. The van der Waals surface area contributed by atoms with Crippen molar-refractivity contribution in [2.24, 2.45) is 5.92 Å². The van der Waals surface area contributed by atoms with Gasteiger partial charge in [0.15, 0.2) is 0 Å². The number of aliphatic hydroxyl groups is 1. The fourth-order valence-electron chi connectivity index (χ4n) is 2.59. The van der Waals surface area contributed by atoms with E-state index in [1.165, 1.54) is 0 Å². The van der Waals surface area contributed by atoms with Crippen molar-refractivity contribution >= 4 is 5.91 Å². The first-order valence-electron chi connectivity index (χ1n) is 7.54. The summed E-state index contributed by atoms with van der Waals surface area (Å²) in [5.74, 6) is 0.267. The first-order valence-corrected chi connectivity index (χ1v) is 7.54. The van der Waals surface area contributed by atoms with Crippen LogP contribution in [-0.4, -0.2) is 44.9 Å². The maximum Gasteiger partial charge on any atom is 0.257 e. The lowest BCUT2D eigenvalue weighted by Crippen LogP contribution is -2.45. The second-order valence-electron chi connectivity index (χ2n) is 5.80. The molecule has 112 valence electrons. The first-order chi connectivity index (χ1) is 9.54. The molecule has 2 heterocycles. The van der Waals surface area contributed by atoms with E-state index in [4.69, 9.17) is 0 Å². The van der Waals surface area contributed by atoms with E-state index in [9.17, 15) is 9.90 Å². The van der Waals surface area contributed by atoms with Gasteiger partial charge in [-0.15, -0.1) is 0 Å². The Morgan fingerprint density at radius 3 is 2.95 bits per heavy atom. The number of carbonyl (C=O) groups is 1. The fraction of sp³-hybridized carbons (Fsp3) is 0.733. The van der Waals surface area contributed by atoms with Crippen LogP contribution in [-0.2, 0) is 6.54 Å². The van der Waals surface area contributed by atoms with Gasteiger partial charge in [0.25, 0.3) is 5.91 Å². The van der Waals surface area contributed by atoms with E-state index in [0.717, 1.165) is 38.0 Å². The summed E-state index contributed by atoms with van der Waals surface area (Å²) in [5, 5.41) is 14.2. The van der Waals surface area contributed by atoms with Gasteiger partial charge in [-0.1, -0.05) is 20.3 Å². The number of β-amino-alcohol motifs (C(OH)–C–C–N with tert-alkyl or cyclic N) is 1. The third-order valence-corrected chi connectivity index (χ3v) is 4.26. The Hall–Kier alpha value is -1.36. The van der Waals surface area contributed by atoms with Gasteiger partial charge in [0.05, 0.1) is 17.9 Å². The van der Waals surface area contributed by atoms with Crippen molar-refractivity contribution in [1.82, 2.24) is 14.7 Å². The Labute approximate surface area is 120 Å². The van der Waals surface area contributed by atoms with Gasteiger partial charge in [-0.05, 0) is 25.7 Å². The van der Waals surface area contributed by atoms with Gasteiger partial charge >= 0.3 is 0 Å². The highest BCUT2D eigenvalue weighted by Gasteiger charge is 2.29. The van der Waals surface area contributed by atoms with E-state index in [2.05, 4.69) is 12.0 Å². The minimum absolute atomic E-state index is 0.00352. The van der Waals surface area contributed by atoms with Crippen molar-refractivity contribution < 1.29 is 9.90 Å². The number of likely N-dealkylation sites (tertiary alicyclic amines) is 1. The highest BCUT2D eigenvalue weighted by Crippen LogP contribution is 2.20. The lowest BCUT2D eigenvalue weighted by Gasteiger charge is -2.34. The molecule has 1 amide bonds. The van der Waals surface area contributed by atoms with Gasteiger partial charge in [-0.25, -0.2) is 0 Å². The Morgan fingerprint density at radius 2 is 2.30 bits per heavy atom. The zero-order chi connectivity index (χ0) is 14.7. The van der Waals surface area contributed by atoms with Crippen LogP contribution in [0.4, 0.5) is 0 Å². The molecule has 1 fully saturated rings.